The third-order valence-electron chi connectivity index (χ3n) is 2.71. The van der Waals surface area contributed by atoms with Gasteiger partial charge >= 0.3 is 11.9 Å². The zero-order valence-electron chi connectivity index (χ0n) is 10.9. The van der Waals surface area contributed by atoms with Crippen LogP contribution in [0, 0.1) is 17.2 Å². The molecule has 0 aliphatic heterocycles. The van der Waals surface area contributed by atoms with Crippen molar-refractivity contribution in [2.75, 3.05) is 0 Å². The Morgan fingerprint density at radius 3 is 2.39 bits per heavy atom. The van der Waals surface area contributed by atoms with Crippen LogP contribution in [0.25, 0.3) is 0 Å². The van der Waals surface area contributed by atoms with Gasteiger partial charge in [-0.05, 0) is 19.8 Å². The number of esters is 1. The van der Waals surface area contributed by atoms with Crippen molar-refractivity contribution in [2.45, 2.75) is 27.2 Å². The van der Waals surface area contributed by atoms with E-state index in [4.69, 9.17) is 10.5 Å². The standard InChI is InChI=1S/C13H19NO4/c1-8(2)9(3)5-10(4)11(13(16)17)6-12(15)18-7-14/h5,7,10-11,14H,1,6H2,2-4H3,(H,16,17)/b9-5-,14-7?. The molecule has 0 radical (unpaired) electrons. The minimum atomic E-state index is -1.06. The molecule has 0 aliphatic rings. The quantitative estimate of drug-likeness (QED) is 0.315. The number of carbonyl (C=O) groups is 2. The first kappa shape index (κ1) is 16.1. The second-order valence-electron chi connectivity index (χ2n) is 4.25. The molecule has 0 bridgehead atoms. The molecule has 0 rings (SSSR count). The zero-order valence-corrected chi connectivity index (χ0v) is 10.9. The molecule has 0 fully saturated rings. The summed E-state index contributed by atoms with van der Waals surface area (Å²) in [6, 6.07) is 0. The van der Waals surface area contributed by atoms with Crippen LogP contribution in [-0.4, -0.2) is 23.4 Å². The fourth-order valence-corrected chi connectivity index (χ4v) is 1.44. The molecular formula is C13H19NO4. The summed E-state index contributed by atoms with van der Waals surface area (Å²) in [6.07, 6.45) is 2.02. The van der Waals surface area contributed by atoms with Crippen LogP contribution in [0.5, 0.6) is 0 Å². The number of hydrogen-bond acceptors (Lipinski definition) is 4. The van der Waals surface area contributed by atoms with Gasteiger partial charge in [0.1, 0.15) is 0 Å². The average molecular weight is 253 g/mol. The highest BCUT2D eigenvalue weighted by atomic mass is 16.5. The van der Waals surface area contributed by atoms with E-state index < -0.39 is 17.9 Å². The van der Waals surface area contributed by atoms with Crippen LogP contribution in [0.4, 0.5) is 0 Å². The molecule has 0 aromatic heterocycles. The highest BCUT2D eigenvalue weighted by Gasteiger charge is 2.26. The monoisotopic (exact) mass is 253 g/mol. The van der Waals surface area contributed by atoms with E-state index in [9.17, 15) is 9.59 Å². The maximum atomic E-state index is 11.2. The molecule has 0 spiro atoms. The smallest absolute Gasteiger partial charge is 0.312 e. The fraction of sp³-hybridized carbons (Fsp3) is 0.462. The summed E-state index contributed by atoms with van der Waals surface area (Å²) < 4.78 is 4.33. The van der Waals surface area contributed by atoms with Gasteiger partial charge in [0.05, 0.1) is 12.3 Å². The van der Waals surface area contributed by atoms with E-state index in [1.807, 2.05) is 13.8 Å². The van der Waals surface area contributed by atoms with Gasteiger partial charge in [-0.1, -0.05) is 30.7 Å². The van der Waals surface area contributed by atoms with Crippen molar-refractivity contribution in [3.05, 3.63) is 23.8 Å². The van der Waals surface area contributed by atoms with Crippen LogP contribution in [0.2, 0.25) is 0 Å². The maximum Gasteiger partial charge on any atom is 0.312 e. The predicted octanol–water partition coefficient (Wildman–Crippen LogP) is 2.39. The van der Waals surface area contributed by atoms with E-state index in [0.29, 0.717) is 6.40 Å². The van der Waals surface area contributed by atoms with Crippen molar-refractivity contribution < 1.29 is 19.4 Å². The van der Waals surface area contributed by atoms with E-state index in [2.05, 4.69) is 11.3 Å². The normalized spacial score (nSPS) is 14.5. The van der Waals surface area contributed by atoms with E-state index in [1.165, 1.54) is 0 Å². The van der Waals surface area contributed by atoms with Gasteiger partial charge in [0, 0.05) is 0 Å². The van der Waals surface area contributed by atoms with Crippen molar-refractivity contribution in [2.24, 2.45) is 11.8 Å². The lowest BCUT2D eigenvalue weighted by Gasteiger charge is -2.16. The summed E-state index contributed by atoms with van der Waals surface area (Å²) in [5.41, 5.74) is 1.75. The number of rotatable bonds is 7. The van der Waals surface area contributed by atoms with Gasteiger partial charge in [0.15, 0.2) is 6.40 Å². The maximum absolute atomic E-state index is 11.2. The minimum Gasteiger partial charge on any atom is -0.481 e. The molecule has 0 saturated heterocycles. The Bertz CT molecular complexity index is 384. The van der Waals surface area contributed by atoms with Gasteiger partial charge in [-0.15, -0.1) is 0 Å². The number of ether oxygens (including phenoxy) is 1. The number of aliphatic carboxylic acids is 1. The lowest BCUT2D eigenvalue weighted by molar-refractivity contribution is -0.148. The fourth-order valence-electron chi connectivity index (χ4n) is 1.44. The van der Waals surface area contributed by atoms with Gasteiger partial charge in [0.2, 0.25) is 0 Å². The Morgan fingerprint density at radius 2 is 2.00 bits per heavy atom. The SMILES string of the molecule is C=C(C)/C(C)=C\C(C)C(CC(=O)OC=N)C(=O)O. The number of allylic oxidation sites excluding steroid dienone is 3. The number of nitrogens with one attached hydrogen (secondary N) is 1. The first-order valence-electron chi connectivity index (χ1n) is 5.55. The Hall–Kier alpha value is -1.91. The van der Waals surface area contributed by atoms with E-state index in [1.54, 1.807) is 13.0 Å². The van der Waals surface area contributed by atoms with E-state index >= 15 is 0 Å². The van der Waals surface area contributed by atoms with Crippen LogP contribution in [0.3, 0.4) is 0 Å². The van der Waals surface area contributed by atoms with Crippen LogP contribution < -0.4 is 0 Å². The van der Waals surface area contributed by atoms with Crippen LogP contribution in [0.1, 0.15) is 27.2 Å². The molecule has 2 unspecified atom stereocenters. The highest BCUT2D eigenvalue weighted by Crippen LogP contribution is 2.21. The summed E-state index contributed by atoms with van der Waals surface area (Å²) in [7, 11) is 0. The van der Waals surface area contributed by atoms with Crippen molar-refractivity contribution in [3.8, 4) is 0 Å². The molecule has 18 heavy (non-hydrogen) atoms. The predicted molar refractivity (Wildman–Crippen MR) is 68.4 cm³/mol. The second-order valence-corrected chi connectivity index (χ2v) is 4.25. The van der Waals surface area contributed by atoms with Crippen LogP contribution >= 0.6 is 0 Å². The number of hydrogen-bond donors (Lipinski definition) is 2. The van der Waals surface area contributed by atoms with Crippen molar-refractivity contribution in [1.82, 2.24) is 0 Å². The first-order valence-corrected chi connectivity index (χ1v) is 5.55. The molecule has 5 nitrogen and oxygen atoms in total. The third kappa shape index (κ3) is 5.43. The highest BCUT2D eigenvalue weighted by molar-refractivity contribution is 5.82. The topological polar surface area (TPSA) is 87.5 Å². The Balaban J connectivity index is 4.85. The summed E-state index contributed by atoms with van der Waals surface area (Å²) in [5, 5.41) is 15.7. The summed E-state index contributed by atoms with van der Waals surface area (Å²) >= 11 is 0. The van der Waals surface area contributed by atoms with Gasteiger partial charge in [-0.3, -0.25) is 15.0 Å². The number of carbonyl (C=O) groups excluding carboxylic acids is 1. The molecule has 2 N–H and O–H groups in total. The third-order valence-corrected chi connectivity index (χ3v) is 2.71. The Labute approximate surface area is 107 Å². The average Bonchev–Trinajstić information content (AvgIpc) is 2.25. The van der Waals surface area contributed by atoms with Gasteiger partial charge < -0.3 is 9.84 Å². The van der Waals surface area contributed by atoms with Crippen molar-refractivity contribution >= 4 is 18.3 Å². The van der Waals surface area contributed by atoms with Crippen molar-refractivity contribution in [3.63, 3.8) is 0 Å². The Kier molecular flexibility index (Phi) is 6.63. The van der Waals surface area contributed by atoms with Gasteiger partial charge in [-0.25, -0.2) is 0 Å². The van der Waals surface area contributed by atoms with Crippen LogP contribution in [0.15, 0.2) is 23.8 Å². The number of carboxylic acid groups (broad SMARTS) is 1. The molecule has 100 valence electrons. The molecule has 0 amide bonds. The lowest BCUT2D eigenvalue weighted by atomic mass is 9.88. The largest absolute Gasteiger partial charge is 0.481 e. The zero-order chi connectivity index (χ0) is 14.3. The van der Waals surface area contributed by atoms with Crippen LogP contribution in [-0.2, 0) is 14.3 Å². The van der Waals surface area contributed by atoms with Gasteiger partial charge in [0.25, 0.3) is 0 Å². The molecular weight excluding hydrogens is 234 g/mol. The van der Waals surface area contributed by atoms with E-state index in [0.717, 1.165) is 11.1 Å². The molecule has 0 aliphatic carbocycles. The summed E-state index contributed by atoms with van der Waals surface area (Å²) in [5.74, 6) is -2.97. The molecule has 0 heterocycles. The summed E-state index contributed by atoms with van der Waals surface area (Å²) in [6.45, 7) is 9.16. The second kappa shape index (κ2) is 7.42. The van der Waals surface area contributed by atoms with E-state index in [-0.39, 0.29) is 12.3 Å². The Morgan fingerprint density at radius 1 is 1.44 bits per heavy atom. The van der Waals surface area contributed by atoms with Gasteiger partial charge in [-0.2, -0.15) is 0 Å². The molecule has 0 aromatic rings. The first-order chi connectivity index (χ1) is 8.29. The number of carboxylic acids is 1. The van der Waals surface area contributed by atoms with Crippen molar-refractivity contribution in [1.29, 1.82) is 5.41 Å². The molecule has 0 saturated carbocycles. The summed E-state index contributed by atoms with van der Waals surface area (Å²) in [4.78, 5) is 22.3. The minimum absolute atomic E-state index is 0.258. The molecule has 2 atom stereocenters. The molecule has 0 aromatic carbocycles. The lowest BCUT2D eigenvalue weighted by Crippen LogP contribution is -2.24. The molecule has 5 heteroatoms.